The van der Waals surface area contributed by atoms with Crippen LogP contribution in [-0.2, 0) is 0 Å². The van der Waals surface area contributed by atoms with E-state index < -0.39 is 5.95 Å². The number of hydrogen-bond donors (Lipinski definition) is 1. The minimum absolute atomic E-state index is 0.0948. The smallest absolute Gasteiger partial charge is 0.274 e. The maximum Gasteiger partial charge on any atom is 0.274 e. The summed E-state index contributed by atoms with van der Waals surface area (Å²) in [5.74, 6) is 0.369. The van der Waals surface area contributed by atoms with Crippen molar-refractivity contribution in [3.8, 4) is 0 Å². The SMILES string of the molecule is O=C(N[C@@H]1CC[C@H]2CCC[C@H]21)c1nc2ccccn2c1F. The summed E-state index contributed by atoms with van der Waals surface area (Å²) in [6.07, 6.45) is 7.49. The monoisotopic (exact) mass is 287 g/mol. The van der Waals surface area contributed by atoms with Crippen LogP contribution >= 0.6 is 0 Å². The van der Waals surface area contributed by atoms with Crippen molar-refractivity contribution < 1.29 is 9.18 Å². The van der Waals surface area contributed by atoms with Gasteiger partial charge in [0.1, 0.15) is 5.65 Å². The summed E-state index contributed by atoms with van der Waals surface area (Å²) in [6.45, 7) is 0. The van der Waals surface area contributed by atoms with Gasteiger partial charge in [-0.3, -0.25) is 9.20 Å². The summed E-state index contributed by atoms with van der Waals surface area (Å²) in [4.78, 5) is 16.5. The van der Waals surface area contributed by atoms with Gasteiger partial charge in [-0.25, -0.2) is 4.98 Å². The summed E-state index contributed by atoms with van der Waals surface area (Å²) in [5.41, 5.74) is 0.368. The molecule has 2 aliphatic rings. The lowest BCUT2D eigenvalue weighted by Gasteiger charge is -2.19. The molecule has 1 N–H and O–H groups in total. The normalized spacial score (nSPS) is 28.0. The van der Waals surface area contributed by atoms with Crippen LogP contribution in [0, 0.1) is 17.8 Å². The first-order valence-corrected chi connectivity index (χ1v) is 7.67. The van der Waals surface area contributed by atoms with Crippen LogP contribution in [0.2, 0.25) is 0 Å². The highest BCUT2D eigenvalue weighted by molar-refractivity contribution is 5.93. The van der Waals surface area contributed by atoms with Gasteiger partial charge in [-0.1, -0.05) is 18.9 Å². The van der Waals surface area contributed by atoms with Gasteiger partial charge in [0, 0.05) is 12.2 Å². The molecule has 1 amide bonds. The van der Waals surface area contributed by atoms with Gasteiger partial charge >= 0.3 is 0 Å². The van der Waals surface area contributed by atoms with Crippen molar-refractivity contribution in [1.82, 2.24) is 14.7 Å². The molecule has 110 valence electrons. The molecule has 21 heavy (non-hydrogen) atoms. The molecule has 0 spiro atoms. The predicted octanol–water partition coefficient (Wildman–Crippen LogP) is 2.78. The zero-order valence-corrected chi connectivity index (χ0v) is 11.8. The third kappa shape index (κ3) is 2.03. The molecule has 2 aliphatic carbocycles. The molecule has 0 saturated heterocycles. The van der Waals surface area contributed by atoms with Crippen molar-refractivity contribution in [1.29, 1.82) is 0 Å². The Morgan fingerprint density at radius 1 is 1.29 bits per heavy atom. The Morgan fingerprint density at radius 2 is 2.19 bits per heavy atom. The number of amides is 1. The fourth-order valence-corrected chi connectivity index (χ4v) is 4.09. The Labute approximate surface area is 122 Å². The van der Waals surface area contributed by atoms with Crippen LogP contribution in [0.25, 0.3) is 5.65 Å². The molecule has 0 bridgehead atoms. The maximum absolute atomic E-state index is 14.3. The van der Waals surface area contributed by atoms with Crippen molar-refractivity contribution in [3.63, 3.8) is 0 Å². The van der Waals surface area contributed by atoms with E-state index in [1.54, 1.807) is 24.4 Å². The van der Waals surface area contributed by atoms with Gasteiger partial charge in [0.15, 0.2) is 5.69 Å². The molecular formula is C16H18FN3O. The van der Waals surface area contributed by atoms with E-state index in [-0.39, 0.29) is 17.6 Å². The minimum Gasteiger partial charge on any atom is -0.348 e. The third-order valence-corrected chi connectivity index (χ3v) is 5.09. The molecule has 4 nitrogen and oxygen atoms in total. The topological polar surface area (TPSA) is 46.4 Å². The van der Waals surface area contributed by atoms with E-state index in [0.29, 0.717) is 11.6 Å². The average Bonchev–Trinajstić information content (AvgIpc) is 3.16. The van der Waals surface area contributed by atoms with E-state index in [4.69, 9.17) is 0 Å². The molecule has 5 heteroatoms. The Balaban J connectivity index is 1.58. The largest absolute Gasteiger partial charge is 0.348 e. The first-order valence-electron chi connectivity index (χ1n) is 7.67. The van der Waals surface area contributed by atoms with Crippen molar-refractivity contribution >= 4 is 11.6 Å². The minimum atomic E-state index is -0.580. The average molecular weight is 287 g/mol. The quantitative estimate of drug-likeness (QED) is 0.923. The van der Waals surface area contributed by atoms with Gasteiger partial charge in [0.05, 0.1) is 0 Å². The number of imidazole rings is 1. The molecule has 4 rings (SSSR count). The number of halogens is 1. The van der Waals surface area contributed by atoms with E-state index in [1.807, 2.05) is 0 Å². The van der Waals surface area contributed by atoms with E-state index in [9.17, 15) is 9.18 Å². The summed E-state index contributed by atoms with van der Waals surface area (Å²) in [6, 6.07) is 5.39. The molecule has 2 aromatic heterocycles. The first kappa shape index (κ1) is 12.8. The van der Waals surface area contributed by atoms with Crippen LogP contribution in [0.3, 0.4) is 0 Å². The number of aromatic nitrogens is 2. The van der Waals surface area contributed by atoms with Crippen LogP contribution < -0.4 is 5.32 Å². The molecule has 2 heterocycles. The lowest BCUT2D eigenvalue weighted by Crippen LogP contribution is -2.38. The number of pyridine rings is 1. The molecule has 2 saturated carbocycles. The molecule has 0 radical (unpaired) electrons. The van der Waals surface area contributed by atoms with Crippen LogP contribution in [0.4, 0.5) is 4.39 Å². The summed E-state index contributed by atoms with van der Waals surface area (Å²) in [5, 5.41) is 3.01. The molecule has 0 unspecified atom stereocenters. The molecule has 0 aliphatic heterocycles. The van der Waals surface area contributed by atoms with Crippen molar-refractivity contribution in [3.05, 3.63) is 36.0 Å². The second-order valence-electron chi connectivity index (χ2n) is 6.19. The fourth-order valence-electron chi connectivity index (χ4n) is 4.09. The van der Waals surface area contributed by atoms with E-state index >= 15 is 0 Å². The van der Waals surface area contributed by atoms with Gasteiger partial charge in [0.25, 0.3) is 5.91 Å². The van der Waals surface area contributed by atoms with Gasteiger partial charge in [-0.2, -0.15) is 4.39 Å². The van der Waals surface area contributed by atoms with Crippen molar-refractivity contribution in [2.24, 2.45) is 11.8 Å². The number of carbonyl (C=O) groups is 1. The second-order valence-corrected chi connectivity index (χ2v) is 6.19. The van der Waals surface area contributed by atoms with Gasteiger partial charge in [-0.05, 0) is 43.2 Å². The van der Waals surface area contributed by atoms with Gasteiger partial charge in [0.2, 0.25) is 5.95 Å². The van der Waals surface area contributed by atoms with Gasteiger partial charge < -0.3 is 5.32 Å². The van der Waals surface area contributed by atoms with Gasteiger partial charge in [-0.15, -0.1) is 0 Å². The standard InChI is InChI=1S/C16H18FN3O/c17-15-14(19-13-6-1-2-9-20(13)15)16(21)18-12-8-7-10-4-3-5-11(10)12/h1-2,6,9-12H,3-5,7-8H2,(H,18,21)/t10-,11-,12-/m1/s1. The van der Waals surface area contributed by atoms with E-state index in [2.05, 4.69) is 10.3 Å². The molecular weight excluding hydrogens is 269 g/mol. The zero-order valence-electron chi connectivity index (χ0n) is 11.8. The molecule has 0 aromatic carbocycles. The van der Waals surface area contributed by atoms with Crippen LogP contribution in [0.15, 0.2) is 24.4 Å². The summed E-state index contributed by atoms with van der Waals surface area (Å²) in [7, 11) is 0. The maximum atomic E-state index is 14.3. The van der Waals surface area contributed by atoms with Crippen molar-refractivity contribution in [2.45, 2.75) is 38.1 Å². The van der Waals surface area contributed by atoms with Crippen LogP contribution in [-0.4, -0.2) is 21.3 Å². The molecule has 2 aromatic rings. The number of carbonyl (C=O) groups excluding carboxylic acids is 1. The summed E-state index contributed by atoms with van der Waals surface area (Å²) >= 11 is 0. The molecule has 3 atom stereocenters. The number of nitrogens with zero attached hydrogens (tertiary/aromatic N) is 2. The zero-order chi connectivity index (χ0) is 14.4. The first-order chi connectivity index (χ1) is 10.2. The lowest BCUT2D eigenvalue weighted by atomic mass is 9.97. The number of nitrogens with one attached hydrogen (secondary N) is 1. The lowest BCUT2D eigenvalue weighted by molar-refractivity contribution is 0.0917. The Bertz CT molecular complexity index is 696. The Kier molecular flexibility index (Phi) is 2.94. The number of rotatable bonds is 2. The molecule has 2 fully saturated rings. The van der Waals surface area contributed by atoms with Crippen LogP contribution in [0.1, 0.15) is 42.6 Å². The van der Waals surface area contributed by atoms with Crippen LogP contribution in [0.5, 0.6) is 0 Å². The number of fused-ring (bicyclic) bond motifs is 2. The summed E-state index contributed by atoms with van der Waals surface area (Å²) < 4.78 is 15.6. The predicted molar refractivity (Wildman–Crippen MR) is 76.5 cm³/mol. The highest BCUT2D eigenvalue weighted by Crippen LogP contribution is 2.44. The fraction of sp³-hybridized carbons (Fsp3) is 0.500. The highest BCUT2D eigenvalue weighted by Gasteiger charge is 2.40. The number of hydrogen-bond acceptors (Lipinski definition) is 2. The highest BCUT2D eigenvalue weighted by atomic mass is 19.1. The van der Waals surface area contributed by atoms with E-state index in [0.717, 1.165) is 12.3 Å². The third-order valence-electron chi connectivity index (χ3n) is 5.09. The Hall–Kier alpha value is -1.91. The Morgan fingerprint density at radius 3 is 3.05 bits per heavy atom. The van der Waals surface area contributed by atoms with E-state index in [1.165, 1.54) is 30.1 Å². The van der Waals surface area contributed by atoms with Crippen molar-refractivity contribution in [2.75, 3.05) is 0 Å². The second kappa shape index (κ2) is 4.83.